The number of ether oxygens (including phenoxy) is 1. The van der Waals surface area contributed by atoms with E-state index in [1.807, 2.05) is 12.1 Å². The van der Waals surface area contributed by atoms with Gasteiger partial charge >= 0.3 is 0 Å². The zero-order valence-electron chi connectivity index (χ0n) is 13.5. The maximum absolute atomic E-state index is 12.2. The fourth-order valence-electron chi connectivity index (χ4n) is 4.36. The normalized spacial score (nSPS) is 32.0. The van der Waals surface area contributed by atoms with Crippen molar-refractivity contribution in [3.05, 3.63) is 29.3 Å². The molecule has 2 aliphatic rings. The SMILES string of the molecule is CC1(C)[C@H]2CC[C@@]1(C)[C@@H](NC(=O)COc1ccccc1Cl)C2. The molecule has 2 fully saturated rings. The van der Waals surface area contributed by atoms with Gasteiger partial charge in [0.25, 0.3) is 5.91 Å². The molecule has 1 N–H and O–H groups in total. The Hall–Kier alpha value is -1.22. The highest BCUT2D eigenvalue weighted by Gasteiger charge is 2.61. The summed E-state index contributed by atoms with van der Waals surface area (Å²) in [5.74, 6) is 1.21. The summed E-state index contributed by atoms with van der Waals surface area (Å²) >= 11 is 6.03. The van der Waals surface area contributed by atoms with Gasteiger partial charge in [0.1, 0.15) is 5.75 Å². The third kappa shape index (κ3) is 2.40. The number of benzene rings is 1. The summed E-state index contributed by atoms with van der Waals surface area (Å²) in [5.41, 5.74) is 0.492. The first-order chi connectivity index (χ1) is 10.3. The molecule has 0 saturated heterocycles. The Labute approximate surface area is 137 Å². The minimum atomic E-state index is -0.0607. The zero-order valence-corrected chi connectivity index (χ0v) is 14.2. The molecule has 1 amide bonds. The van der Waals surface area contributed by atoms with Crippen LogP contribution in [-0.2, 0) is 4.79 Å². The summed E-state index contributed by atoms with van der Waals surface area (Å²) in [5, 5.41) is 3.72. The number of carbonyl (C=O) groups is 1. The van der Waals surface area contributed by atoms with Crippen LogP contribution < -0.4 is 10.1 Å². The largest absolute Gasteiger partial charge is 0.482 e. The Balaban J connectivity index is 1.59. The molecular weight excluding hydrogens is 298 g/mol. The molecule has 0 heterocycles. The first kappa shape index (κ1) is 15.7. The minimum absolute atomic E-state index is 0.0153. The highest BCUT2D eigenvalue weighted by atomic mass is 35.5. The predicted molar refractivity (Wildman–Crippen MR) is 88.1 cm³/mol. The maximum Gasteiger partial charge on any atom is 0.258 e. The Kier molecular flexibility index (Phi) is 3.88. The number of amides is 1. The van der Waals surface area contributed by atoms with Crippen LogP contribution in [0.2, 0.25) is 5.02 Å². The summed E-state index contributed by atoms with van der Waals surface area (Å²) in [4.78, 5) is 12.2. The van der Waals surface area contributed by atoms with Crippen molar-refractivity contribution in [2.75, 3.05) is 6.61 Å². The number of rotatable bonds is 4. The molecule has 2 bridgehead atoms. The fraction of sp³-hybridized carbons (Fsp3) is 0.611. The summed E-state index contributed by atoms with van der Waals surface area (Å²) in [6.45, 7) is 7.02. The quantitative estimate of drug-likeness (QED) is 0.908. The summed E-state index contributed by atoms with van der Waals surface area (Å²) in [6, 6.07) is 7.47. The molecule has 1 aromatic rings. The molecule has 0 aromatic heterocycles. The van der Waals surface area contributed by atoms with Gasteiger partial charge in [-0.25, -0.2) is 0 Å². The van der Waals surface area contributed by atoms with Gasteiger partial charge in [-0.2, -0.15) is 0 Å². The van der Waals surface area contributed by atoms with E-state index >= 15 is 0 Å². The van der Waals surface area contributed by atoms with Crippen molar-refractivity contribution in [1.82, 2.24) is 5.32 Å². The van der Waals surface area contributed by atoms with Crippen molar-refractivity contribution in [3.63, 3.8) is 0 Å². The van der Waals surface area contributed by atoms with Crippen molar-refractivity contribution in [3.8, 4) is 5.75 Å². The number of carbonyl (C=O) groups excluding carboxylic acids is 1. The van der Waals surface area contributed by atoms with Gasteiger partial charge in [-0.3, -0.25) is 4.79 Å². The van der Waals surface area contributed by atoms with Crippen LogP contribution in [0.5, 0.6) is 5.75 Å². The van der Waals surface area contributed by atoms with Gasteiger partial charge < -0.3 is 10.1 Å². The van der Waals surface area contributed by atoms with E-state index in [0.29, 0.717) is 22.1 Å². The highest BCUT2D eigenvalue weighted by molar-refractivity contribution is 6.32. The third-order valence-electron chi connectivity index (χ3n) is 6.32. The minimum Gasteiger partial charge on any atom is -0.482 e. The standard InChI is InChI=1S/C18H24ClNO2/c1-17(2)12-8-9-18(17,3)15(10-12)20-16(21)11-22-14-7-5-4-6-13(14)19/h4-7,12,15H,8-11H2,1-3H3,(H,20,21)/t12-,15-,18-/m0/s1. The summed E-state index contributed by atoms with van der Waals surface area (Å²) in [7, 11) is 0. The molecule has 2 aliphatic carbocycles. The molecule has 0 unspecified atom stereocenters. The Bertz CT molecular complexity index is 586. The zero-order chi connectivity index (χ0) is 16.0. The summed E-state index contributed by atoms with van der Waals surface area (Å²) in [6.07, 6.45) is 3.56. The van der Waals surface area contributed by atoms with Gasteiger partial charge in [-0.15, -0.1) is 0 Å². The molecule has 0 aliphatic heterocycles. The maximum atomic E-state index is 12.2. The molecule has 3 atom stereocenters. The molecule has 1 aromatic carbocycles. The van der Waals surface area contributed by atoms with Gasteiger partial charge in [-0.1, -0.05) is 44.5 Å². The first-order valence-electron chi connectivity index (χ1n) is 8.01. The Morgan fingerprint density at radius 3 is 2.68 bits per heavy atom. The van der Waals surface area contributed by atoms with Crippen LogP contribution in [0.3, 0.4) is 0 Å². The lowest BCUT2D eigenvalue weighted by atomic mass is 9.69. The van der Waals surface area contributed by atoms with E-state index in [4.69, 9.17) is 16.3 Å². The average molecular weight is 322 g/mol. The second-order valence-corrected chi connectivity index (χ2v) is 7.86. The average Bonchev–Trinajstić information content (AvgIpc) is 2.80. The number of hydrogen-bond donors (Lipinski definition) is 1. The van der Waals surface area contributed by atoms with E-state index in [0.717, 1.165) is 6.42 Å². The number of fused-ring (bicyclic) bond motifs is 2. The number of para-hydroxylation sites is 1. The van der Waals surface area contributed by atoms with Crippen LogP contribution in [-0.4, -0.2) is 18.6 Å². The first-order valence-corrected chi connectivity index (χ1v) is 8.39. The lowest BCUT2D eigenvalue weighted by Gasteiger charge is -2.39. The van der Waals surface area contributed by atoms with E-state index in [2.05, 4.69) is 26.1 Å². The fourth-order valence-corrected chi connectivity index (χ4v) is 4.55. The third-order valence-corrected chi connectivity index (χ3v) is 6.64. The topological polar surface area (TPSA) is 38.3 Å². The van der Waals surface area contributed by atoms with E-state index in [-0.39, 0.29) is 24.0 Å². The van der Waals surface area contributed by atoms with E-state index in [1.165, 1.54) is 12.8 Å². The van der Waals surface area contributed by atoms with E-state index in [9.17, 15) is 4.79 Å². The molecule has 0 spiro atoms. The van der Waals surface area contributed by atoms with Crippen molar-refractivity contribution >= 4 is 17.5 Å². The molecule has 22 heavy (non-hydrogen) atoms. The molecular formula is C18H24ClNO2. The predicted octanol–water partition coefficient (Wildman–Crippen LogP) is 4.05. The van der Waals surface area contributed by atoms with Gasteiger partial charge in [0, 0.05) is 6.04 Å². The van der Waals surface area contributed by atoms with Gasteiger partial charge in [0.15, 0.2) is 6.61 Å². The molecule has 3 rings (SSSR count). The van der Waals surface area contributed by atoms with Crippen LogP contribution in [0, 0.1) is 16.7 Å². The number of hydrogen-bond acceptors (Lipinski definition) is 2. The second-order valence-electron chi connectivity index (χ2n) is 7.45. The molecule has 120 valence electrons. The molecule has 2 saturated carbocycles. The van der Waals surface area contributed by atoms with Crippen LogP contribution in [0.1, 0.15) is 40.0 Å². The van der Waals surface area contributed by atoms with E-state index in [1.54, 1.807) is 12.1 Å². The molecule has 0 radical (unpaired) electrons. The Morgan fingerprint density at radius 1 is 1.36 bits per heavy atom. The lowest BCUT2D eigenvalue weighted by molar-refractivity contribution is -0.124. The lowest BCUT2D eigenvalue weighted by Crippen LogP contribution is -2.48. The van der Waals surface area contributed by atoms with Crippen molar-refractivity contribution < 1.29 is 9.53 Å². The van der Waals surface area contributed by atoms with Crippen LogP contribution in [0.15, 0.2) is 24.3 Å². The molecule has 3 nitrogen and oxygen atoms in total. The van der Waals surface area contributed by atoms with E-state index < -0.39 is 0 Å². The van der Waals surface area contributed by atoms with Crippen LogP contribution in [0.4, 0.5) is 0 Å². The Morgan fingerprint density at radius 2 is 2.09 bits per heavy atom. The second kappa shape index (κ2) is 5.45. The monoisotopic (exact) mass is 321 g/mol. The van der Waals surface area contributed by atoms with Crippen LogP contribution in [0.25, 0.3) is 0 Å². The van der Waals surface area contributed by atoms with Crippen molar-refractivity contribution in [2.24, 2.45) is 16.7 Å². The van der Waals surface area contributed by atoms with Gasteiger partial charge in [0.2, 0.25) is 0 Å². The summed E-state index contributed by atoms with van der Waals surface area (Å²) < 4.78 is 5.53. The van der Waals surface area contributed by atoms with Crippen molar-refractivity contribution in [2.45, 2.75) is 46.1 Å². The highest BCUT2D eigenvalue weighted by Crippen LogP contribution is 2.65. The van der Waals surface area contributed by atoms with Gasteiger partial charge in [-0.05, 0) is 48.1 Å². The van der Waals surface area contributed by atoms with Gasteiger partial charge in [0.05, 0.1) is 5.02 Å². The van der Waals surface area contributed by atoms with Crippen molar-refractivity contribution in [1.29, 1.82) is 0 Å². The number of halogens is 1. The molecule has 4 heteroatoms. The smallest absolute Gasteiger partial charge is 0.258 e. The van der Waals surface area contributed by atoms with Crippen LogP contribution >= 0.6 is 11.6 Å². The number of nitrogens with one attached hydrogen (secondary N) is 1.